The average Bonchev–Trinajstić information content (AvgIpc) is 3.38. The van der Waals surface area contributed by atoms with E-state index in [0.29, 0.717) is 42.9 Å². The van der Waals surface area contributed by atoms with Gasteiger partial charge >= 0.3 is 0 Å². The van der Waals surface area contributed by atoms with Gasteiger partial charge in [-0.25, -0.2) is 13.5 Å². The maximum Gasteiger partial charge on any atom is 0.269 e. The summed E-state index contributed by atoms with van der Waals surface area (Å²) < 4.78 is 15.1. The minimum absolute atomic E-state index is 0.0795. The van der Waals surface area contributed by atoms with Crippen LogP contribution < -0.4 is 5.32 Å². The molecule has 0 aliphatic carbocycles. The number of benzene rings is 2. The molecule has 3 heterocycles. The number of carbonyl (C=O) groups is 1. The monoisotopic (exact) mass is 593 g/mol. The van der Waals surface area contributed by atoms with Crippen molar-refractivity contribution < 1.29 is 14.1 Å². The fourth-order valence-corrected chi connectivity index (χ4v) is 6.75. The van der Waals surface area contributed by atoms with E-state index in [-0.39, 0.29) is 18.6 Å². The number of fused-ring (bicyclic) bond motifs is 1. The highest BCUT2D eigenvalue weighted by Gasteiger charge is 2.40. The molecule has 2 atom stereocenters. The summed E-state index contributed by atoms with van der Waals surface area (Å²) >= 11 is 0. The molecular formula is C34H35N5O3S. The standard InChI is InChI=1S/C34H35N5O3S/c1-34(2,3)43(42)39-22-28-20-29(33(41)37-17-13-23-11-15-36-16-12-23)38-32(31(28)30(39)14-18-40)27-6-4-5-26(19-27)25-9-7-24(21-35)8-10-25/h4-12,15-16,19-20,30,40H,13-14,17-18,22H2,1-3H3,(H,37,41)/t30-,43-/m0/s1. The van der Waals surface area contributed by atoms with Crippen LogP contribution in [0.15, 0.2) is 79.1 Å². The molecule has 0 saturated heterocycles. The second-order valence-corrected chi connectivity index (χ2v) is 13.7. The molecule has 2 aromatic carbocycles. The Morgan fingerprint density at radius 2 is 1.79 bits per heavy atom. The number of rotatable bonds is 9. The van der Waals surface area contributed by atoms with Gasteiger partial charge in [0.1, 0.15) is 16.7 Å². The number of pyridine rings is 2. The lowest BCUT2D eigenvalue weighted by molar-refractivity contribution is 0.0949. The van der Waals surface area contributed by atoms with Crippen LogP contribution in [-0.2, 0) is 24.0 Å². The lowest BCUT2D eigenvalue weighted by Gasteiger charge is -2.30. The third-order valence-corrected chi connectivity index (χ3v) is 9.31. The molecule has 0 unspecified atom stereocenters. The number of hydrogen-bond acceptors (Lipinski definition) is 6. The molecule has 2 aromatic heterocycles. The van der Waals surface area contributed by atoms with Crippen LogP contribution in [0.25, 0.3) is 22.4 Å². The van der Waals surface area contributed by atoms with Crippen molar-refractivity contribution in [3.63, 3.8) is 0 Å². The maximum absolute atomic E-state index is 13.7. The number of nitriles is 1. The summed E-state index contributed by atoms with van der Waals surface area (Å²) in [5.74, 6) is -0.282. The molecule has 1 aliphatic rings. The first-order chi connectivity index (χ1) is 20.7. The first-order valence-corrected chi connectivity index (χ1v) is 15.4. The number of aliphatic hydroxyl groups excluding tert-OH is 1. The van der Waals surface area contributed by atoms with Gasteiger partial charge < -0.3 is 10.4 Å². The van der Waals surface area contributed by atoms with Crippen LogP contribution in [0.5, 0.6) is 0 Å². The van der Waals surface area contributed by atoms with Gasteiger partial charge in [-0.1, -0.05) is 30.3 Å². The van der Waals surface area contributed by atoms with Gasteiger partial charge in [-0.05, 0) is 92.3 Å². The molecule has 43 heavy (non-hydrogen) atoms. The SMILES string of the molecule is CC(C)(C)[S@](=O)N1Cc2cc(C(=O)NCCc3ccncc3)nc(-c3cccc(-c4ccc(C#N)cc4)c3)c2[C@@H]1CCO. The molecule has 9 heteroatoms. The van der Waals surface area contributed by atoms with Gasteiger partial charge in [-0.3, -0.25) is 9.78 Å². The molecule has 0 fully saturated rings. The van der Waals surface area contributed by atoms with Gasteiger partial charge in [-0.2, -0.15) is 5.26 Å². The molecule has 0 radical (unpaired) electrons. The van der Waals surface area contributed by atoms with E-state index < -0.39 is 15.7 Å². The van der Waals surface area contributed by atoms with E-state index in [2.05, 4.69) is 16.4 Å². The van der Waals surface area contributed by atoms with Crippen molar-refractivity contribution in [2.75, 3.05) is 13.2 Å². The Morgan fingerprint density at radius 1 is 1.07 bits per heavy atom. The number of carbonyl (C=O) groups excluding carboxylic acids is 1. The first kappa shape index (κ1) is 30.2. The predicted octanol–water partition coefficient (Wildman–Crippen LogP) is 5.36. The van der Waals surface area contributed by atoms with Crippen LogP contribution >= 0.6 is 0 Å². The average molecular weight is 594 g/mol. The van der Waals surface area contributed by atoms with E-state index in [1.807, 2.05) is 73.6 Å². The van der Waals surface area contributed by atoms with Crippen molar-refractivity contribution in [1.82, 2.24) is 19.6 Å². The van der Waals surface area contributed by atoms with E-state index in [1.165, 1.54) is 0 Å². The second-order valence-electron chi connectivity index (χ2n) is 11.5. The summed E-state index contributed by atoms with van der Waals surface area (Å²) in [5.41, 5.74) is 7.06. The van der Waals surface area contributed by atoms with E-state index in [1.54, 1.807) is 30.6 Å². The van der Waals surface area contributed by atoms with Gasteiger partial charge in [0.2, 0.25) is 0 Å². The molecule has 1 amide bonds. The zero-order valence-corrected chi connectivity index (χ0v) is 25.4. The summed E-state index contributed by atoms with van der Waals surface area (Å²) in [6.07, 6.45) is 4.51. The summed E-state index contributed by atoms with van der Waals surface area (Å²) in [4.78, 5) is 22.4. The Balaban J connectivity index is 1.56. The van der Waals surface area contributed by atoms with Crippen LogP contribution in [0.3, 0.4) is 0 Å². The van der Waals surface area contributed by atoms with Gasteiger partial charge in [0, 0.05) is 43.2 Å². The summed E-state index contributed by atoms with van der Waals surface area (Å²) in [7, 11) is -1.35. The molecule has 0 saturated carbocycles. The molecule has 2 N–H and O–H groups in total. The minimum Gasteiger partial charge on any atom is -0.396 e. The van der Waals surface area contributed by atoms with Crippen molar-refractivity contribution in [3.05, 3.63) is 107 Å². The van der Waals surface area contributed by atoms with Gasteiger partial charge in [-0.15, -0.1) is 0 Å². The van der Waals surface area contributed by atoms with Gasteiger partial charge in [0.15, 0.2) is 0 Å². The van der Waals surface area contributed by atoms with E-state index in [0.717, 1.165) is 33.4 Å². The van der Waals surface area contributed by atoms with Gasteiger partial charge in [0.25, 0.3) is 5.91 Å². The third kappa shape index (κ3) is 6.73. The molecule has 8 nitrogen and oxygen atoms in total. The van der Waals surface area contributed by atoms with Crippen LogP contribution in [-0.4, -0.2) is 47.4 Å². The quantitative estimate of drug-likeness (QED) is 0.270. The Kier molecular flexibility index (Phi) is 9.11. The van der Waals surface area contributed by atoms with E-state index in [9.17, 15) is 19.4 Å². The molecular weight excluding hydrogens is 558 g/mol. The number of amides is 1. The lowest BCUT2D eigenvalue weighted by Crippen LogP contribution is -2.36. The van der Waals surface area contributed by atoms with Gasteiger partial charge in [0.05, 0.1) is 28.1 Å². The molecule has 0 bridgehead atoms. The van der Waals surface area contributed by atoms with Crippen molar-refractivity contribution in [3.8, 4) is 28.5 Å². The van der Waals surface area contributed by atoms with Crippen molar-refractivity contribution in [2.24, 2.45) is 0 Å². The van der Waals surface area contributed by atoms with Crippen LogP contribution in [0.2, 0.25) is 0 Å². The summed E-state index contributed by atoms with van der Waals surface area (Å²) in [6.45, 7) is 6.55. The Hall–Kier alpha value is -4.23. The highest BCUT2D eigenvalue weighted by molar-refractivity contribution is 7.84. The fraction of sp³-hybridized carbons (Fsp3) is 0.294. The van der Waals surface area contributed by atoms with Crippen LogP contribution in [0.4, 0.5) is 0 Å². The normalized spacial score (nSPS) is 15.5. The smallest absolute Gasteiger partial charge is 0.269 e. The second kappa shape index (κ2) is 13.0. The Morgan fingerprint density at radius 3 is 2.47 bits per heavy atom. The van der Waals surface area contributed by atoms with E-state index in [4.69, 9.17) is 4.98 Å². The van der Waals surface area contributed by atoms with Crippen molar-refractivity contribution in [1.29, 1.82) is 5.26 Å². The fourth-order valence-electron chi connectivity index (χ4n) is 5.35. The first-order valence-electron chi connectivity index (χ1n) is 14.3. The Labute approximate surface area is 255 Å². The van der Waals surface area contributed by atoms with Crippen molar-refractivity contribution >= 4 is 16.9 Å². The summed E-state index contributed by atoms with van der Waals surface area (Å²) in [5, 5.41) is 22.3. The highest BCUT2D eigenvalue weighted by Crippen LogP contribution is 2.44. The minimum atomic E-state index is -1.35. The number of aliphatic hydroxyl groups is 1. The van der Waals surface area contributed by atoms with Crippen LogP contribution in [0, 0.1) is 11.3 Å². The zero-order chi connectivity index (χ0) is 30.6. The molecule has 4 aromatic rings. The van der Waals surface area contributed by atoms with Crippen molar-refractivity contribution in [2.45, 2.75) is 50.9 Å². The molecule has 1 aliphatic heterocycles. The number of nitrogens with zero attached hydrogens (tertiary/aromatic N) is 4. The molecule has 0 spiro atoms. The Bertz CT molecular complexity index is 1680. The number of aromatic nitrogens is 2. The largest absolute Gasteiger partial charge is 0.396 e. The number of nitrogens with one attached hydrogen (secondary N) is 1. The topological polar surface area (TPSA) is 119 Å². The third-order valence-electron chi connectivity index (χ3n) is 7.46. The van der Waals surface area contributed by atoms with E-state index >= 15 is 0 Å². The predicted molar refractivity (Wildman–Crippen MR) is 168 cm³/mol. The maximum atomic E-state index is 13.7. The zero-order valence-electron chi connectivity index (χ0n) is 24.6. The molecule has 220 valence electrons. The molecule has 5 rings (SSSR count). The highest BCUT2D eigenvalue weighted by atomic mass is 32.2. The summed E-state index contributed by atoms with van der Waals surface area (Å²) in [6, 6.07) is 22.8. The number of hydrogen-bond donors (Lipinski definition) is 2. The lowest BCUT2D eigenvalue weighted by atomic mass is 9.94. The van der Waals surface area contributed by atoms with Crippen LogP contribution in [0.1, 0.15) is 66.0 Å².